The molecule has 46 heavy (non-hydrogen) atoms. The number of amides is 3. The Hall–Kier alpha value is -5.11. The number of guanidine groups is 1. The van der Waals surface area contributed by atoms with Crippen molar-refractivity contribution in [1.82, 2.24) is 20.9 Å². The molecule has 0 aliphatic rings. The number of benzene rings is 2. The van der Waals surface area contributed by atoms with Crippen LogP contribution in [0.4, 0.5) is 0 Å². The maximum Gasteiger partial charge on any atom is 0.326 e. The minimum absolute atomic E-state index is 0.0137. The molecular weight excluding hydrogens is 592 g/mol. The van der Waals surface area contributed by atoms with Gasteiger partial charge in [-0.3, -0.25) is 19.4 Å². The SMILES string of the molecule is CC(C)CC(N)C(=O)NC(Cc1c[nH]c2ccccc12)C(=O)NC(Cc1ccc(O)cc1)C(=O)NC(CCCN=C(N)N)C(=O)O. The Morgan fingerprint density at radius 2 is 1.48 bits per heavy atom. The number of H-pyrrole nitrogens is 1. The first-order valence-corrected chi connectivity index (χ1v) is 15.1. The molecule has 1 heterocycles. The molecule has 0 saturated heterocycles. The molecule has 2 aromatic carbocycles. The number of carboxylic acid groups (broad SMARTS) is 1. The van der Waals surface area contributed by atoms with Crippen molar-refractivity contribution in [2.45, 2.75) is 70.1 Å². The molecule has 12 N–H and O–H groups in total. The first-order chi connectivity index (χ1) is 21.8. The highest BCUT2D eigenvalue weighted by molar-refractivity contribution is 5.95. The fourth-order valence-electron chi connectivity index (χ4n) is 5.01. The number of fused-ring (bicyclic) bond motifs is 1. The molecule has 1 aromatic heterocycles. The van der Waals surface area contributed by atoms with E-state index in [9.17, 15) is 29.4 Å². The zero-order chi connectivity index (χ0) is 33.8. The molecule has 4 unspecified atom stereocenters. The number of aliphatic carboxylic acids is 1. The van der Waals surface area contributed by atoms with E-state index in [1.165, 1.54) is 12.1 Å². The van der Waals surface area contributed by atoms with Crippen LogP contribution < -0.4 is 33.2 Å². The zero-order valence-electron chi connectivity index (χ0n) is 26.0. The van der Waals surface area contributed by atoms with E-state index in [0.29, 0.717) is 12.0 Å². The van der Waals surface area contributed by atoms with Crippen LogP contribution in [0, 0.1) is 5.92 Å². The molecule has 14 heteroatoms. The van der Waals surface area contributed by atoms with Crippen LogP contribution in [-0.2, 0) is 32.0 Å². The first-order valence-electron chi connectivity index (χ1n) is 15.1. The summed E-state index contributed by atoms with van der Waals surface area (Å²) in [7, 11) is 0. The maximum atomic E-state index is 13.9. The number of phenolic OH excluding ortho intramolecular Hbond substituents is 1. The minimum Gasteiger partial charge on any atom is -0.508 e. The van der Waals surface area contributed by atoms with Crippen LogP contribution in [0.1, 0.15) is 44.2 Å². The average molecular weight is 637 g/mol. The van der Waals surface area contributed by atoms with E-state index in [-0.39, 0.29) is 49.9 Å². The molecule has 0 fully saturated rings. The van der Waals surface area contributed by atoms with Crippen LogP contribution in [0.3, 0.4) is 0 Å². The molecule has 14 nitrogen and oxygen atoms in total. The third-order valence-electron chi connectivity index (χ3n) is 7.36. The van der Waals surface area contributed by atoms with Gasteiger partial charge in [-0.1, -0.05) is 44.2 Å². The summed E-state index contributed by atoms with van der Waals surface area (Å²) >= 11 is 0. The normalized spacial score (nSPS) is 13.7. The lowest BCUT2D eigenvalue weighted by atomic mass is 10.00. The van der Waals surface area contributed by atoms with Gasteiger partial charge in [0.1, 0.15) is 23.9 Å². The number of aromatic hydroxyl groups is 1. The van der Waals surface area contributed by atoms with Gasteiger partial charge in [0.2, 0.25) is 17.7 Å². The fraction of sp³-hybridized carbons (Fsp3) is 0.406. The van der Waals surface area contributed by atoms with Crippen molar-refractivity contribution in [3.8, 4) is 5.75 Å². The second-order valence-corrected chi connectivity index (χ2v) is 11.6. The van der Waals surface area contributed by atoms with Gasteiger partial charge in [0.05, 0.1) is 6.04 Å². The number of para-hydroxylation sites is 1. The van der Waals surface area contributed by atoms with Crippen LogP contribution >= 0.6 is 0 Å². The summed E-state index contributed by atoms with van der Waals surface area (Å²) < 4.78 is 0. The van der Waals surface area contributed by atoms with Gasteiger partial charge >= 0.3 is 5.97 Å². The monoisotopic (exact) mass is 636 g/mol. The number of nitrogens with zero attached hydrogens (tertiary/aromatic N) is 1. The van der Waals surface area contributed by atoms with Gasteiger partial charge in [-0.2, -0.15) is 0 Å². The van der Waals surface area contributed by atoms with Gasteiger partial charge in [-0.05, 0) is 54.5 Å². The van der Waals surface area contributed by atoms with Crippen LogP contribution in [0.5, 0.6) is 5.75 Å². The Morgan fingerprint density at radius 1 is 0.870 bits per heavy atom. The van der Waals surface area contributed by atoms with E-state index in [1.54, 1.807) is 18.3 Å². The third kappa shape index (κ3) is 10.8. The fourth-order valence-corrected chi connectivity index (χ4v) is 5.01. The lowest BCUT2D eigenvalue weighted by Crippen LogP contribution is -2.58. The first kappa shape index (κ1) is 35.4. The standard InChI is InChI=1S/C32H44N8O6/c1-18(2)14-23(33)28(42)39-27(16-20-17-37-24-7-4-3-6-22(20)24)30(44)40-26(15-19-9-11-21(41)12-10-19)29(43)38-25(31(45)46)8-5-13-36-32(34)35/h3-4,6-7,9-12,17-18,23,25-27,37,41H,5,8,13-16,33H2,1-2H3,(H,38,43)(H,39,42)(H,40,44)(H,45,46)(H4,34,35,36). The van der Waals surface area contributed by atoms with Gasteiger partial charge in [0, 0.05) is 36.5 Å². The van der Waals surface area contributed by atoms with Crippen molar-refractivity contribution < 1.29 is 29.4 Å². The predicted molar refractivity (Wildman–Crippen MR) is 175 cm³/mol. The second kappa shape index (κ2) is 16.8. The maximum absolute atomic E-state index is 13.9. The summed E-state index contributed by atoms with van der Waals surface area (Å²) in [5.41, 5.74) is 19.0. The summed E-state index contributed by atoms with van der Waals surface area (Å²) in [6, 6.07) is 9.07. The number of aromatic nitrogens is 1. The highest BCUT2D eigenvalue weighted by atomic mass is 16.4. The summed E-state index contributed by atoms with van der Waals surface area (Å²) in [6.45, 7) is 4.03. The van der Waals surface area contributed by atoms with Crippen LogP contribution in [0.2, 0.25) is 0 Å². The largest absolute Gasteiger partial charge is 0.508 e. The highest BCUT2D eigenvalue weighted by Gasteiger charge is 2.31. The molecule has 0 spiro atoms. The van der Waals surface area contributed by atoms with Crippen molar-refractivity contribution in [1.29, 1.82) is 0 Å². The van der Waals surface area contributed by atoms with Gasteiger partial charge in [-0.25, -0.2) is 4.79 Å². The molecule has 4 atom stereocenters. The number of aromatic amines is 1. The van der Waals surface area contributed by atoms with Crippen molar-refractivity contribution >= 4 is 40.6 Å². The van der Waals surface area contributed by atoms with Crippen LogP contribution in [0.25, 0.3) is 10.9 Å². The summed E-state index contributed by atoms with van der Waals surface area (Å²) in [6.07, 6.45) is 2.53. The summed E-state index contributed by atoms with van der Waals surface area (Å²) in [5.74, 6) is -3.16. The molecule has 0 bridgehead atoms. The molecule has 0 radical (unpaired) electrons. The second-order valence-electron chi connectivity index (χ2n) is 11.6. The lowest BCUT2D eigenvalue weighted by molar-refractivity contribution is -0.142. The number of phenols is 1. The number of aliphatic imine (C=N–C) groups is 1. The number of carboxylic acids is 1. The van der Waals surface area contributed by atoms with E-state index >= 15 is 0 Å². The van der Waals surface area contributed by atoms with Crippen molar-refractivity contribution in [2.24, 2.45) is 28.1 Å². The van der Waals surface area contributed by atoms with E-state index in [0.717, 1.165) is 16.5 Å². The van der Waals surface area contributed by atoms with Gasteiger partial charge in [-0.15, -0.1) is 0 Å². The summed E-state index contributed by atoms with van der Waals surface area (Å²) in [4.78, 5) is 59.5. The van der Waals surface area contributed by atoms with E-state index < -0.39 is 47.9 Å². The number of hydrogen-bond donors (Lipinski definition) is 9. The molecule has 3 aromatic rings. The number of rotatable bonds is 17. The topological polar surface area (TPSA) is 251 Å². The Kier molecular flexibility index (Phi) is 12.9. The van der Waals surface area contributed by atoms with E-state index in [2.05, 4.69) is 25.9 Å². The number of hydrogen-bond acceptors (Lipinski definition) is 7. The smallest absolute Gasteiger partial charge is 0.326 e. The molecular formula is C32H44N8O6. The Morgan fingerprint density at radius 3 is 2.11 bits per heavy atom. The molecule has 3 amide bonds. The number of carbonyl (C=O) groups excluding carboxylic acids is 3. The molecule has 0 aliphatic heterocycles. The minimum atomic E-state index is -1.28. The van der Waals surface area contributed by atoms with Gasteiger partial charge < -0.3 is 48.3 Å². The van der Waals surface area contributed by atoms with Gasteiger partial charge in [0.15, 0.2) is 5.96 Å². The van der Waals surface area contributed by atoms with Crippen LogP contribution in [0.15, 0.2) is 59.7 Å². The molecule has 3 rings (SSSR count). The predicted octanol–water partition coefficient (Wildman–Crippen LogP) is 0.625. The third-order valence-corrected chi connectivity index (χ3v) is 7.36. The molecule has 0 aliphatic carbocycles. The van der Waals surface area contributed by atoms with E-state index in [1.807, 2.05) is 38.1 Å². The lowest BCUT2D eigenvalue weighted by Gasteiger charge is -2.25. The van der Waals surface area contributed by atoms with E-state index in [4.69, 9.17) is 17.2 Å². The molecule has 0 saturated carbocycles. The van der Waals surface area contributed by atoms with Crippen molar-refractivity contribution in [2.75, 3.05) is 6.54 Å². The van der Waals surface area contributed by atoms with Crippen molar-refractivity contribution in [3.63, 3.8) is 0 Å². The Balaban J connectivity index is 1.87. The average Bonchev–Trinajstić information content (AvgIpc) is 3.40. The Bertz CT molecular complexity index is 1520. The van der Waals surface area contributed by atoms with Crippen LogP contribution in [-0.4, -0.2) is 75.6 Å². The number of nitrogens with two attached hydrogens (primary N) is 3. The quantitative estimate of drug-likeness (QED) is 0.0571. The zero-order valence-corrected chi connectivity index (χ0v) is 26.0. The van der Waals surface area contributed by atoms with Crippen molar-refractivity contribution in [3.05, 3.63) is 65.9 Å². The highest BCUT2D eigenvalue weighted by Crippen LogP contribution is 2.20. The summed E-state index contributed by atoms with van der Waals surface area (Å²) in [5, 5.41) is 28.3. The van der Waals surface area contributed by atoms with Gasteiger partial charge in [0.25, 0.3) is 0 Å². The number of nitrogens with one attached hydrogen (secondary N) is 4. The number of carbonyl (C=O) groups is 4. The Labute approximate surface area is 267 Å². The molecule has 248 valence electrons.